The summed E-state index contributed by atoms with van der Waals surface area (Å²) in [5.41, 5.74) is 2.53. The number of esters is 1. The fraction of sp³-hybridized carbons (Fsp3) is 0.333. The van der Waals surface area contributed by atoms with Gasteiger partial charge in [0.05, 0.1) is 23.7 Å². The highest BCUT2D eigenvalue weighted by Gasteiger charge is 2.26. The smallest absolute Gasteiger partial charge is 0.338 e. The predicted molar refractivity (Wildman–Crippen MR) is 107 cm³/mol. The van der Waals surface area contributed by atoms with Crippen molar-refractivity contribution in [3.8, 4) is 0 Å². The number of rotatable bonds is 6. The zero-order valence-corrected chi connectivity index (χ0v) is 17.2. The van der Waals surface area contributed by atoms with Gasteiger partial charge in [-0.3, -0.25) is 4.79 Å². The zero-order chi connectivity index (χ0) is 21.0. The van der Waals surface area contributed by atoms with Crippen molar-refractivity contribution in [2.75, 3.05) is 32.9 Å². The van der Waals surface area contributed by atoms with E-state index in [-0.39, 0.29) is 10.5 Å². The summed E-state index contributed by atoms with van der Waals surface area (Å²) in [6.07, 6.45) is 0. The number of benzene rings is 2. The molecule has 0 spiro atoms. The molecule has 0 radical (unpaired) electrons. The maximum absolute atomic E-state index is 12.6. The Morgan fingerprint density at radius 3 is 2.14 bits per heavy atom. The van der Waals surface area contributed by atoms with Gasteiger partial charge in [0.25, 0.3) is 0 Å². The minimum absolute atomic E-state index is 0.114. The molecule has 0 saturated carbocycles. The molecule has 7 nitrogen and oxygen atoms in total. The van der Waals surface area contributed by atoms with E-state index in [1.165, 1.54) is 28.6 Å². The molecule has 1 aliphatic rings. The van der Waals surface area contributed by atoms with Gasteiger partial charge in [-0.05, 0) is 50.2 Å². The van der Waals surface area contributed by atoms with Gasteiger partial charge in [0.1, 0.15) is 0 Å². The van der Waals surface area contributed by atoms with Crippen molar-refractivity contribution in [1.82, 2.24) is 4.31 Å². The van der Waals surface area contributed by atoms with Crippen molar-refractivity contribution in [2.45, 2.75) is 18.7 Å². The molecule has 1 heterocycles. The van der Waals surface area contributed by atoms with Crippen molar-refractivity contribution < 1.29 is 27.5 Å². The molecule has 0 amide bonds. The summed E-state index contributed by atoms with van der Waals surface area (Å²) >= 11 is 0. The van der Waals surface area contributed by atoms with Gasteiger partial charge in [-0.2, -0.15) is 4.31 Å². The molecule has 0 aromatic heterocycles. The average molecular weight is 417 g/mol. The van der Waals surface area contributed by atoms with Crippen molar-refractivity contribution >= 4 is 21.8 Å². The fourth-order valence-corrected chi connectivity index (χ4v) is 4.55. The summed E-state index contributed by atoms with van der Waals surface area (Å²) in [6, 6.07) is 11.0. The third-order valence-corrected chi connectivity index (χ3v) is 6.49. The third kappa shape index (κ3) is 5.09. The lowest BCUT2D eigenvalue weighted by Gasteiger charge is -2.26. The van der Waals surface area contributed by atoms with Crippen LogP contribution >= 0.6 is 0 Å². The molecule has 0 N–H and O–H groups in total. The monoisotopic (exact) mass is 417 g/mol. The molecule has 8 heteroatoms. The first-order valence-electron chi connectivity index (χ1n) is 9.24. The highest BCUT2D eigenvalue weighted by atomic mass is 32.2. The van der Waals surface area contributed by atoms with Crippen LogP contribution in [0.1, 0.15) is 31.8 Å². The molecule has 0 unspecified atom stereocenters. The number of hydrogen-bond acceptors (Lipinski definition) is 6. The summed E-state index contributed by atoms with van der Waals surface area (Å²) in [4.78, 5) is 24.6. The van der Waals surface area contributed by atoms with Crippen LogP contribution in [0.15, 0.2) is 47.4 Å². The summed E-state index contributed by atoms with van der Waals surface area (Å²) in [6.45, 7) is 4.67. The molecule has 3 rings (SSSR count). The van der Waals surface area contributed by atoms with Crippen LogP contribution in [-0.4, -0.2) is 57.4 Å². The number of carbonyl (C=O) groups is 2. The number of morpholine rings is 1. The number of nitrogens with zero attached hydrogens (tertiary/aromatic N) is 1. The van der Waals surface area contributed by atoms with E-state index in [2.05, 4.69) is 0 Å². The summed E-state index contributed by atoms with van der Waals surface area (Å²) in [5.74, 6) is -0.977. The van der Waals surface area contributed by atoms with E-state index in [0.717, 1.165) is 11.1 Å². The second-order valence-corrected chi connectivity index (χ2v) is 8.85. The maximum Gasteiger partial charge on any atom is 0.338 e. The van der Waals surface area contributed by atoms with Gasteiger partial charge in [-0.15, -0.1) is 0 Å². The van der Waals surface area contributed by atoms with Gasteiger partial charge in [-0.1, -0.05) is 17.2 Å². The lowest BCUT2D eigenvalue weighted by Crippen LogP contribution is -2.40. The number of carbonyl (C=O) groups excluding carboxylic acids is 2. The SMILES string of the molecule is Cc1cc(C)cc(C(=O)OCC(=O)c2ccc(S(=O)(=O)N3CCOCC3)cc2)c1. The number of ketones is 1. The van der Waals surface area contributed by atoms with E-state index in [9.17, 15) is 18.0 Å². The van der Waals surface area contributed by atoms with Gasteiger partial charge in [0.2, 0.25) is 10.0 Å². The number of Topliss-reactive ketones (excluding diaryl/α,β-unsaturated/α-hetero) is 1. The molecule has 0 aliphatic carbocycles. The molecule has 1 saturated heterocycles. The Morgan fingerprint density at radius 1 is 0.966 bits per heavy atom. The summed E-state index contributed by atoms with van der Waals surface area (Å²) in [7, 11) is -3.62. The van der Waals surface area contributed by atoms with Gasteiger partial charge in [0.15, 0.2) is 12.4 Å². The highest BCUT2D eigenvalue weighted by Crippen LogP contribution is 2.18. The quantitative estimate of drug-likeness (QED) is 0.529. The zero-order valence-electron chi connectivity index (χ0n) is 16.4. The third-order valence-electron chi connectivity index (χ3n) is 4.58. The molecule has 1 fully saturated rings. The Balaban J connectivity index is 1.63. The molecular formula is C21H23NO6S. The van der Waals surface area contributed by atoms with Crippen LogP contribution in [0.4, 0.5) is 0 Å². The standard InChI is InChI=1S/C21H23NO6S/c1-15-11-16(2)13-18(12-15)21(24)28-14-20(23)17-3-5-19(6-4-17)29(25,26)22-7-9-27-10-8-22/h3-6,11-13H,7-10,14H2,1-2H3. The van der Waals surface area contributed by atoms with Crippen LogP contribution in [0, 0.1) is 13.8 Å². The Kier molecular flexibility index (Phi) is 6.46. The molecule has 0 bridgehead atoms. The molecule has 1 aliphatic heterocycles. The van der Waals surface area contributed by atoms with E-state index in [4.69, 9.17) is 9.47 Å². The van der Waals surface area contributed by atoms with E-state index in [0.29, 0.717) is 31.9 Å². The predicted octanol–water partition coefficient (Wildman–Crippen LogP) is 2.36. The molecule has 0 atom stereocenters. The molecule has 29 heavy (non-hydrogen) atoms. The van der Waals surface area contributed by atoms with E-state index < -0.39 is 28.4 Å². The van der Waals surface area contributed by atoms with Crippen molar-refractivity contribution in [2.24, 2.45) is 0 Å². The van der Waals surface area contributed by atoms with Gasteiger partial charge >= 0.3 is 5.97 Å². The maximum atomic E-state index is 12.6. The van der Waals surface area contributed by atoms with Gasteiger partial charge in [-0.25, -0.2) is 13.2 Å². The number of hydrogen-bond donors (Lipinski definition) is 0. The van der Waals surface area contributed by atoms with Crippen LogP contribution in [0.3, 0.4) is 0 Å². The minimum atomic E-state index is -3.62. The fourth-order valence-electron chi connectivity index (χ4n) is 3.14. The van der Waals surface area contributed by atoms with Crippen LogP contribution in [0.2, 0.25) is 0 Å². The van der Waals surface area contributed by atoms with Crippen LogP contribution in [0.5, 0.6) is 0 Å². The van der Waals surface area contributed by atoms with Gasteiger partial charge in [0, 0.05) is 18.7 Å². The average Bonchev–Trinajstić information content (AvgIpc) is 2.71. The van der Waals surface area contributed by atoms with Crippen LogP contribution in [0.25, 0.3) is 0 Å². The van der Waals surface area contributed by atoms with Crippen molar-refractivity contribution in [3.05, 3.63) is 64.7 Å². The second-order valence-electron chi connectivity index (χ2n) is 6.92. The first-order valence-corrected chi connectivity index (χ1v) is 10.7. The number of aryl methyl sites for hydroxylation is 2. The Hall–Kier alpha value is -2.55. The normalized spacial score (nSPS) is 15.1. The minimum Gasteiger partial charge on any atom is -0.454 e. The first kappa shape index (κ1) is 21.2. The Bertz CT molecular complexity index is 988. The second kappa shape index (κ2) is 8.86. The molecule has 2 aromatic rings. The van der Waals surface area contributed by atoms with E-state index in [1.54, 1.807) is 12.1 Å². The number of sulfonamides is 1. The summed E-state index contributed by atoms with van der Waals surface area (Å²) < 4.78 is 36.9. The number of ether oxygens (including phenoxy) is 2. The molecule has 154 valence electrons. The first-order chi connectivity index (χ1) is 13.8. The van der Waals surface area contributed by atoms with E-state index in [1.807, 2.05) is 19.9 Å². The molecule has 2 aromatic carbocycles. The Morgan fingerprint density at radius 2 is 1.55 bits per heavy atom. The highest BCUT2D eigenvalue weighted by molar-refractivity contribution is 7.89. The lowest BCUT2D eigenvalue weighted by atomic mass is 10.1. The van der Waals surface area contributed by atoms with Crippen LogP contribution in [-0.2, 0) is 19.5 Å². The van der Waals surface area contributed by atoms with Crippen LogP contribution < -0.4 is 0 Å². The largest absolute Gasteiger partial charge is 0.454 e. The summed E-state index contributed by atoms with van der Waals surface area (Å²) in [5, 5.41) is 0. The Labute approximate surface area is 170 Å². The van der Waals surface area contributed by atoms with Gasteiger partial charge < -0.3 is 9.47 Å². The van der Waals surface area contributed by atoms with Crippen molar-refractivity contribution in [1.29, 1.82) is 0 Å². The lowest BCUT2D eigenvalue weighted by molar-refractivity contribution is 0.0474. The topological polar surface area (TPSA) is 90.0 Å². The van der Waals surface area contributed by atoms with E-state index >= 15 is 0 Å². The molecular weight excluding hydrogens is 394 g/mol. The van der Waals surface area contributed by atoms with Crippen molar-refractivity contribution in [3.63, 3.8) is 0 Å².